The Kier molecular flexibility index (Phi) is 5.39. The number of nitrogens with two attached hydrogens (primary N) is 1. The summed E-state index contributed by atoms with van der Waals surface area (Å²) in [6.07, 6.45) is 4.69. The summed E-state index contributed by atoms with van der Waals surface area (Å²) in [6.45, 7) is 2.71. The van der Waals surface area contributed by atoms with Gasteiger partial charge in [-0.1, -0.05) is 40.9 Å². The maximum Gasteiger partial charge on any atom is 0.0956 e. The van der Waals surface area contributed by atoms with Crippen LogP contribution in [0, 0.1) is 0 Å². The van der Waals surface area contributed by atoms with E-state index >= 15 is 0 Å². The monoisotopic (exact) mass is 432 g/mol. The van der Waals surface area contributed by atoms with Crippen molar-refractivity contribution in [3.8, 4) is 11.3 Å². The summed E-state index contributed by atoms with van der Waals surface area (Å²) in [6, 6.07) is 11.1. The van der Waals surface area contributed by atoms with Crippen molar-refractivity contribution in [3.63, 3.8) is 0 Å². The molecule has 144 valence electrons. The molecule has 3 N–H and O–H groups in total. The molecule has 4 rings (SSSR count). The fourth-order valence-corrected chi connectivity index (χ4v) is 4.21. The number of imidazole rings is 1. The van der Waals surface area contributed by atoms with Crippen LogP contribution in [0.2, 0.25) is 15.1 Å². The number of hydrogen-bond donors (Lipinski definition) is 2. The quantitative estimate of drug-likeness (QED) is 0.390. The van der Waals surface area contributed by atoms with Crippen LogP contribution in [0.25, 0.3) is 22.2 Å². The molecule has 0 spiro atoms. The molecule has 0 saturated heterocycles. The SMILES string of the molecule is C[C@H](N)c1c(-c2ccc(Cl)cc2Cl)ncn1CCc1c[nH]c2cc(Cl)ccc12. The minimum atomic E-state index is -0.189. The van der Waals surface area contributed by atoms with Crippen LogP contribution in [0.4, 0.5) is 0 Å². The van der Waals surface area contributed by atoms with Gasteiger partial charge < -0.3 is 15.3 Å². The highest BCUT2D eigenvalue weighted by Gasteiger charge is 2.19. The van der Waals surface area contributed by atoms with Crippen LogP contribution < -0.4 is 5.73 Å². The summed E-state index contributed by atoms with van der Waals surface area (Å²) in [7, 11) is 0. The first-order valence-electron chi connectivity index (χ1n) is 8.95. The van der Waals surface area contributed by atoms with Crippen LogP contribution in [0.5, 0.6) is 0 Å². The second-order valence-corrected chi connectivity index (χ2v) is 8.12. The number of hydrogen-bond acceptors (Lipinski definition) is 2. The third kappa shape index (κ3) is 3.65. The van der Waals surface area contributed by atoms with E-state index in [0.717, 1.165) is 40.5 Å². The first kappa shape index (κ1) is 19.3. The van der Waals surface area contributed by atoms with Gasteiger partial charge >= 0.3 is 0 Å². The number of rotatable bonds is 5. The lowest BCUT2D eigenvalue weighted by Gasteiger charge is -2.14. The predicted molar refractivity (Wildman–Crippen MR) is 117 cm³/mol. The van der Waals surface area contributed by atoms with E-state index in [1.54, 1.807) is 6.07 Å². The molecule has 2 aromatic heterocycles. The summed E-state index contributed by atoms with van der Waals surface area (Å²) < 4.78 is 2.10. The van der Waals surface area contributed by atoms with Crippen molar-refractivity contribution in [1.29, 1.82) is 0 Å². The van der Waals surface area contributed by atoms with E-state index in [-0.39, 0.29) is 6.04 Å². The van der Waals surface area contributed by atoms with Crippen molar-refractivity contribution in [2.45, 2.75) is 25.9 Å². The van der Waals surface area contributed by atoms with E-state index in [1.807, 2.05) is 49.8 Å². The minimum absolute atomic E-state index is 0.189. The number of aryl methyl sites for hydroxylation is 2. The molecule has 0 aliphatic carbocycles. The van der Waals surface area contributed by atoms with E-state index in [9.17, 15) is 0 Å². The molecule has 0 fully saturated rings. The number of aromatic amines is 1. The Hall–Kier alpha value is -1.98. The Morgan fingerprint density at radius 3 is 2.61 bits per heavy atom. The van der Waals surface area contributed by atoms with Gasteiger partial charge in [-0.15, -0.1) is 0 Å². The molecule has 4 nitrogen and oxygen atoms in total. The average molecular weight is 434 g/mol. The Morgan fingerprint density at radius 2 is 1.86 bits per heavy atom. The fraction of sp³-hybridized carbons (Fsp3) is 0.190. The maximum absolute atomic E-state index is 6.40. The largest absolute Gasteiger partial charge is 0.361 e. The van der Waals surface area contributed by atoms with Crippen molar-refractivity contribution in [2.24, 2.45) is 5.73 Å². The van der Waals surface area contributed by atoms with Gasteiger partial charge in [-0.25, -0.2) is 4.98 Å². The van der Waals surface area contributed by atoms with Crippen molar-refractivity contribution in [1.82, 2.24) is 14.5 Å². The van der Waals surface area contributed by atoms with Crippen LogP contribution in [0.1, 0.15) is 24.2 Å². The van der Waals surface area contributed by atoms with Gasteiger partial charge in [-0.3, -0.25) is 0 Å². The Bertz CT molecular complexity index is 1140. The minimum Gasteiger partial charge on any atom is -0.361 e. The Labute approximate surface area is 178 Å². The molecule has 0 aliphatic rings. The molecule has 0 bridgehead atoms. The van der Waals surface area contributed by atoms with Crippen LogP contribution in [-0.2, 0) is 13.0 Å². The smallest absolute Gasteiger partial charge is 0.0956 e. The van der Waals surface area contributed by atoms with E-state index in [4.69, 9.17) is 40.5 Å². The first-order valence-corrected chi connectivity index (χ1v) is 10.1. The molecule has 0 saturated carbocycles. The first-order chi connectivity index (χ1) is 13.4. The van der Waals surface area contributed by atoms with Crippen LogP contribution in [0.15, 0.2) is 48.9 Å². The van der Waals surface area contributed by atoms with Gasteiger partial charge in [-0.2, -0.15) is 0 Å². The zero-order valence-corrected chi connectivity index (χ0v) is 17.5. The van der Waals surface area contributed by atoms with Crippen LogP contribution in [0.3, 0.4) is 0 Å². The second-order valence-electron chi connectivity index (χ2n) is 6.84. The lowest BCUT2D eigenvalue weighted by atomic mass is 10.1. The number of nitrogens with zero attached hydrogens (tertiary/aromatic N) is 2. The average Bonchev–Trinajstić information content (AvgIpc) is 3.23. The van der Waals surface area contributed by atoms with Crippen molar-refractivity contribution in [2.75, 3.05) is 0 Å². The predicted octanol–water partition coefficient (Wildman–Crippen LogP) is 6.25. The summed E-state index contributed by atoms with van der Waals surface area (Å²) in [4.78, 5) is 7.88. The van der Waals surface area contributed by atoms with Gasteiger partial charge in [0.15, 0.2) is 0 Å². The Balaban J connectivity index is 1.65. The summed E-state index contributed by atoms with van der Waals surface area (Å²) in [5.74, 6) is 0. The van der Waals surface area contributed by atoms with Gasteiger partial charge in [0.25, 0.3) is 0 Å². The molecule has 4 aromatic rings. The number of nitrogens with one attached hydrogen (secondary N) is 1. The topological polar surface area (TPSA) is 59.6 Å². The van der Waals surface area contributed by atoms with Gasteiger partial charge in [0.1, 0.15) is 0 Å². The summed E-state index contributed by atoms with van der Waals surface area (Å²) >= 11 is 18.5. The van der Waals surface area contributed by atoms with Crippen molar-refractivity contribution < 1.29 is 0 Å². The zero-order valence-electron chi connectivity index (χ0n) is 15.2. The molecule has 0 aliphatic heterocycles. The van der Waals surface area contributed by atoms with Crippen LogP contribution >= 0.6 is 34.8 Å². The lowest BCUT2D eigenvalue weighted by molar-refractivity contribution is 0.626. The van der Waals surface area contributed by atoms with E-state index in [0.29, 0.717) is 10.0 Å². The zero-order chi connectivity index (χ0) is 19.8. The highest BCUT2D eigenvalue weighted by atomic mass is 35.5. The number of halogens is 3. The highest BCUT2D eigenvalue weighted by molar-refractivity contribution is 6.36. The number of fused-ring (bicyclic) bond motifs is 1. The summed E-state index contributed by atoms with van der Waals surface area (Å²) in [5.41, 5.74) is 11.1. The van der Waals surface area contributed by atoms with E-state index in [1.165, 1.54) is 10.9 Å². The van der Waals surface area contributed by atoms with Gasteiger partial charge in [0, 0.05) is 45.3 Å². The number of H-pyrrole nitrogens is 1. The molecule has 2 heterocycles. The highest BCUT2D eigenvalue weighted by Crippen LogP contribution is 2.33. The normalized spacial score (nSPS) is 12.6. The third-order valence-electron chi connectivity index (χ3n) is 4.85. The van der Waals surface area contributed by atoms with Gasteiger partial charge in [0.2, 0.25) is 0 Å². The van der Waals surface area contributed by atoms with Gasteiger partial charge in [-0.05, 0) is 49.2 Å². The molecular weight excluding hydrogens is 415 g/mol. The number of benzene rings is 2. The number of aromatic nitrogens is 3. The summed E-state index contributed by atoms with van der Waals surface area (Å²) in [5, 5.41) is 3.05. The molecule has 1 atom stereocenters. The van der Waals surface area contributed by atoms with E-state index in [2.05, 4.69) is 14.5 Å². The standard InChI is InChI=1S/C21H19Cl3N4/c1-12(25)21-20(17-5-3-14(22)8-18(17)24)27-11-28(21)7-6-13-10-26-19-9-15(23)2-4-16(13)19/h2-5,8-12,26H,6-7,25H2,1H3/t12-/m0/s1. The van der Waals surface area contributed by atoms with Crippen LogP contribution in [-0.4, -0.2) is 14.5 Å². The molecule has 7 heteroatoms. The van der Waals surface area contributed by atoms with Crippen molar-refractivity contribution >= 4 is 45.7 Å². The Morgan fingerprint density at radius 1 is 1.11 bits per heavy atom. The third-order valence-corrected chi connectivity index (χ3v) is 5.63. The van der Waals surface area contributed by atoms with E-state index < -0.39 is 0 Å². The molecule has 2 aromatic carbocycles. The maximum atomic E-state index is 6.40. The molecule has 0 unspecified atom stereocenters. The lowest BCUT2D eigenvalue weighted by Crippen LogP contribution is -2.14. The molecule has 0 amide bonds. The van der Waals surface area contributed by atoms with Crippen molar-refractivity contribution in [3.05, 3.63) is 75.2 Å². The van der Waals surface area contributed by atoms with Gasteiger partial charge in [0.05, 0.1) is 22.7 Å². The molecule has 0 radical (unpaired) electrons. The second kappa shape index (κ2) is 7.80. The fourth-order valence-electron chi connectivity index (χ4n) is 3.54. The molecule has 28 heavy (non-hydrogen) atoms. The molecular formula is C21H19Cl3N4.